The number of pyridine rings is 1. The first-order valence-corrected chi connectivity index (χ1v) is 4.10. The zero-order chi connectivity index (χ0) is 8.23. The average Bonchev–Trinajstić information content (AvgIpc) is 2.21. The molecule has 0 aromatic carbocycles. The van der Waals surface area contributed by atoms with Gasteiger partial charge in [-0.05, 0) is 24.0 Å². The number of hydrogen-bond donors (Lipinski definition) is 0. The predicted octanol–water partition coefficient (Wildman–Crippen LogP) is 0.214. The van der Waals surface area contributed by atoms with Crippen LogP contribution in [-0.4, -0.2) is 25.3 Å². The maximum Gasteiger partial charge on any atom is 0.493 e. The van der Waals surface area contributed by atoms with Gasteiger partial charge in [0.2, 0.25) is 0 Å². The Hall–Kier alpha value is -0.865. The SMILES string of the molecule is c1cc(B2OCCCO2)ccn1. The molecule has 1 aliphatic heterocycles. The van der Waals surface area contributed by atoms with E-state index in [1.165, 1.54) is 0 Å². The lowest BCUT2D eigenvalue weighted by molar-refractivity contribution is 0.143. The van der Waals surface area contributed by atoms with Crippen molar-refractivity contribution in [3.63, 3.8) is 0 Å². The molecule has 1 saturated heterocycles. The third-order valence-electron chi connectivity index (χ3n) is 1.81. The molecule has 1 aromatic heterocycles. The van der Waals surface area contributed by atoms with Crippen LogP contribution in [0.25, 0.3) is 0 Å². The summed E-state index contributed by atoms with van der Waals surface area (Å²) in [7, 11) is -0.179. The minimum Gasteiger partial charge on any atom is -0.407 e. The number of rotatable bonds is 1. The molecule has 1 aromatic rings. The summed E-state index contributed by atoms with van der Waals surface area (Å²) in [5.41, 5.74) is 1.05. The molecule has 0 aliphatic carbocycles. The molecule has 12 heavy (non-hydrogen) atoms. The van der Waals surface area contributed by atoms with Gasteiger partial charge < -0.3 is 9.31 Å². The van der Waals surface area contributed by atoms with E-state index in [0.717, 1.165) is 25.1 Å². The minimum absolute atomic E-state index is 0.179. The van der Waals surface area contributed by atoms with Crippen LogP contribution in [0.2, 0.25) is 0 Å². The van der Waals surface area contributed by atoms with Crippen molar-refractivity contribution in [1.29, 1.82) is 0 Å². The molecule has 0 saturated carbocycles. The largest absolute Gasteiger partial charge is 0.493 e. The summed E-state index contributed by atoms with van der Waals surface area (Å²) in [4.78, 5) is 3.93. The Balaban J connectivity index is 2.08. The number of aromatic nitrogens is 1. The summed E-state index contributed by atoms with van der Waals surface area (Å²) in [5, 5.41) is 0. The smallest absolute Gasteiger partial charge is 0.407 e. The van der Waals surface area contributed by atoms with Crippen molar-refractivity contribution in [3.8, 4) is 0 Å². The summed E-state index contributed by atoms with van der Waals surface area (Å²) in [6.07, 6.45) is 4.48. The Bertz CT molecular complexity index is 236. The molecule has 0 radical (unpaired) electrons. The van der Waals surface area contributed by atoms with Crippen LogP contribution in [0.3, 0.4) is 0 Å². The first kappa shape index (κ1) is 7.77. The lowest BCUT2D eigenvalue weighted by Gasteiger charge is -2.19. The van der Waals surface area contributed by atoms with Crippen molar-refractivity contribution >= 4 is 12.6 Å². The van der Waals surface area contributed by atoms with Crippen molar-refractivity contribution < 1.29 is 9.31 Å². The van der Waals surface area contributed by atoms with Crippen LogP contribution in [-0.2, 0) is 9.31 Å². The van der Waals surface area contributed by atoms with Crippen molar-refractivity contribution in [3.05, 3.63) is 24.5 Å². The van der Waals surface area contributed by atoms with E-state index in [2.05, 4.69) is 4.98 Å². The van der Waals surface area contributed by atoms with Gasteiger partial charge in [0, 0.05) is 25.6 Å². The lowest BCUT2D eigenvalue weighted by atomic mass is 9.79. The highest BCUT2D eigenvalue weighted by Crippen LogP contribution is 2.00. The molecule has 0 amide bonds. The zero-order valence-electron chi connectivity index (χ0n) is 6.77. The van der Waals surface area contributed by atoms with E-state index < -0.39 is 0 Å². The highest BCUT2D eigenvalue weighted by molar-refractivity contribution is 6.61. The third-order valence-corrected chi connectivity index (χ3v) is 1.81. The van der Waals surface area contributed by atoms with Gasteiger partial charge in [0.15, 0.2) is 0 Å². The highest BCUT2D eigenvalue weighted by Gasteiger charge is 2.23. The average molecular weight is 163 g/mol. The molecule has 1 fully saturated rings. The van der Waals surface area contributed by atoms with Crippen molar-refractivity contribution in [2.45, 2.75) is 6.42 Å². The van der Waals surface area contributed by atoms with Gasteiger partial charge >= 0.3 is 7.12 Å². The Labute approximate surface area is 71.9 Å². The van der Waals surface area contributed by atoms with Crippen molar-refractivity contribution in [2.24, 2.45) is 0 Å². The molecule has 0 unspecified atom stereocenters. The van der Waals surface area contributed by atoms with Gasteiger partial charge in [-0.3, -0.25) is 4.98 Å². The molecule has 0 bridgehead atoms. The van der Waals surface area contributed by atoms with E-state index in [0.29, 0.717) is 0 Å². The Morgan fingerprint density at radius 1 is 1.17 bits per heavy atom. The standard InChI is InChI=1S/C8H10BNO2/c1-6-11-9(12-7-1)8-2-4-10-5-3-8/h2-5H,1,6-7H2. The van der Waals surface area contributed by atoms with Gasteiger partial charge in [0.25, 0.3) is 0 Å². The molecule has 2 heterocycles. The fourth-order valence-corrected chi connectivity index (χ4v) is 1.20. The quantitative estimate of drug-likeness (QED) is 0.554. The Morgan fingerprint density at radius 3 is 2.50 bits per heavy atom. The van der Waals surface area contributed by atoms with Gasteiger partial charge in [-0.2, -0.15) is 0 Å². The molecule has 0 atom stereocenters. The van der Waals surface area contributed by atoms with Crippen LogP contribution in [0.1, 0.15) is 6.42 Å². The van der Waals surface area contributed by atoms with Crippen molar-refractivity contribution in [2.75, 3.05) is 13.2 Å². The molecule has 0 spiro atoms. The van der Waals surface area contributed by atoms with Crippen LogP contribution in [0, 0.1) is 0 Å². The van der Waals surface area contributed by atoms with Crippen LogP contribution < -0.4 is 5.46 Å². The lowest BCUT2D eigenvalue weighted by Crippen LogP contribution is -2.40. The monoisotopic (exact) mass is 163 g/mol. The second kappa shape index (κ2) is 3.69. The molecular formula is C8H10BNO2. The maximum absolute atomic E-state index is 5.41. The Kier molecular flexibility index (Phi) is 2.39. The molecule has 1 aliphatic rings. The fourth-order valence-electron chi connectivity index (χ4n) is 1.20. The van der Waals surface area contributed by atoms with Crippen LogP contribution in [0.5, 0.6) is 0 Å². The topological polar surface area (TPSA) is 31.4 Å². The third kappa shape index (κ3) is 1.65. The normalized spacial score (nSPS) is 17.8. The predicted molar refractivity (Wildman–Crippen MR) is 46.1 cm³/mol. The zero-order valence-corrected chi connectivity index (χ0v) is 6.77. The summed E-state index contributed by atoms with van der Waals surface area (Å²) in [6, 6.07) is 3.83. The summed E-state index contributed by atoms with van der Waals surface area (Å²) < 4.78 is 10.8. The van der Waals surface area contributed by atoms with Crippen LogP contribution in [0.4, 0.5) is 0 Å². The second-order valence-corrected chi connectivity index (χ2v) is 2.71. The van der Waals surface area contributed by atoms with E-state index in [-0.39, 0.29) is 7.12 Å². The number of nitrogens with zero attached hydrogens (tertiary/aromatic N) is 1. The molecule has 0 N–H and O–H groups in total. The number of hydrogen-bond acceptors (Lipinski definition) is 3. The maximum atomic E-state index is 5.41. The molecular weight excluding hydrogens is 153 g/mol. The van der Waals surface area contributed by atoms with Gasteiger partial charge in [0.1, 0.15) is 0 Å². The van der Waals surface area contributed by atoms with E-state index in [9.17, 15) is 0 Å². The highest BCUT2D eigenvalue weighted by atomic mass is 16.6. The van der Waals surface area contributed by atoms with Crippen molar-refractivity contribution in [1.82, 2.24) is 4.98 Å². The summed E-state index contributed by atoms with van der Waals surface area (Å²) in [6.45, 7) is 1.57. The van der Waals surface area contributed by atoms with Gasteiger partial charge in [-0.25, -0.2) is 0 Å². The van der Waals surface area contributed by atoms with E-state index in [1.807, 2.05) is 12.1 Å². The first-order valence-electron chi connectivity index (χ1n) is 4.10. The summed E-state index contributed by atoms with van der Waals surface area (Å²) in [5.74, 6) is 0. The van der Waals surface area contributed by atoms with Crippen LogP contribution in [0.15, 0.2) is 24.5 Å². The van der Waals surface area contributed by atoms with E-state index in [4.69, 9.17) is 9.31 Å². The van der Waals surface area contributed by atoms with Crippen LogP contribution >= 0.6 is 0 Å². The molecule has 4 heteroatoms. The second-order valence-electron chi connectivity index (χ2n) is 2.71. The minimum atomic E-state index is -0.179. The van der Waals surface area contributed by atoms with Gasteiger partial charge in [0.05, 0.1) is 0 Å². The fraction of sp³-hybridized carbons (Fsp3) is 0.375. The van der Waals surface area contributed by atoms with E-state index >= 15 is 0 Å². The van der Waals surface area contributed by atoms with Gasteiger partial charge in [-0.1, -0.05) is 0 Å². The molecule has 3 nitrogen and oxygen atoms in total. The van der Waals surface area contributed by atoms with E-state index in [1.54, 1.807) is 12.4 Å². The molecule has 2 rings (SSSR count). The first-order chi connectivity index (χ1) is 5.97. The summed E-state index contributed by atoms with van der Waals surface area (Å²) >= 11 is 0. The molecule has 62 valence electrons. The Morgan fingerprint density at radius 2 is 1.83 bits per heavy atom. The van der Waals surface area contributed by atoms with Gasteiger partial charge in [-0.15, -0.1) is 0 Å².